The molecule has 0 saturated carbocycles. The van der Waals surface area contributed by atoms with Gasteiger partial charge < -0.3 is 5.11 Å². The fourth-order valence-electron chi connectivity index (χ4n) is 2.15. The minimum Gasteiger partial charge on any atom is -0.508 e. The number of hydrogen-bond acceptors (Lipinski definition) is 3. The normalized spacial score (nSPS) is 11.5. The van der Waals surface area contributed by atoms with Crippen LogP contribution in [0, 0.1) is 0 Å². The lowest BCUT2D eigenvalue weighted by Gasteiger charge is -2.07. The maximum absolute atomic E-state index is 11.9. The Morgan fingerprint density at radius 3 is 2.18 bits per heavy atom. The van der Waals surface area contributed by atoms with E-state index in [1.165, 1.54) is 0 Å². The van der Waals surface area contributed by atoms with Gasteiger partial charge in [-0.25, -0.2) is 13.1 Å². The zero-order chi connectivity index (χ0) is 15.8. The van der Waals surface area contributed by atoms with Gasteiger partial charge in [-0.15, -0.1) is 0 Å². The van der Waals surface area contributed by atoms with Crippen LogP contribution in [-0.4, -0.2) is 25.8 Å². The quantitative estimate of drug-likeness (QED) is 0.735. The number of sulfonamides is 1. The fourth-order valence-corrected chi connectivity index (χ4v) is 3.26. The van der Waals surface area contributed by atoms with Gasteiger partial charge >= 0.3 is 0 Å². The van der Waals surface area contributed by atoms with Crippen LogP contribution in [0.15, 0.2) is 54.6 Å². The lowest BCUT2D eigenvalue weighted by Crippen LogP contribution is -2.28. The summed E-state index contributed by atoms with van der Waals surface area (Å²) in [6.07, 6.45) is 2.03. The molecule has 2 rings (SSSR count). The molecule has 118 valence electrons. The Kier molecular flexibility index (Phi) is 5.98. The number of nitrogens with one attached hydrogen (secondary N) is 1. The van der Waals surface area contributed by atoms with Gasteiger partial charge in [0.25, 0.3) is 0 Å². The van der Waals surface area contributed by atoms with E-state index in [0.717, 1.165) is 24.0 Å². The summed E-state index contributed by atoms with van der Waals surface area (Å²) in [7, 11) is -3.23. The van der Waals surface area contributed by atoms with Crippen LogP contribution in [0.2, 0.25) is 0 Å². The van der Waals surface area contributed by atoms with Crippen LogP contribution in [0.25, 0.3) is 0 Å². The summed E-state index contributed by atoms with van der Waals surface area (Å²) in [6, 6.07) is 16.6. The van der Waals surface area contributed by atoms with Gasteiger partial charge in [0, 0.05) is 6.54 Å². The predicted octanol–water partition coefficient (Wildman–Crippen LogP) is 2.49. The van der Waals surface area contributed by atoms with Crippen LogP contribution in [-0.2, 0) is 22.9 Å². The van der Waals surface area contributed by atoms with E-state index in [0.29, 0.717) is 13.0 Å². The molecule has 0 aliphatic carbocycles. The summed E-state index contributed by atoms with van der Waals surface area (Å²) in [5.74, 6) is 0.348. The van der Waals surface area contributed by atoms with Crippen molar-refractivity contribution in [1.29, 1.82) is 0 Å². The van der Waals surface area contributed by atoms with Gasteiger partial charge in [-0.2, -0.15) is 0 Å². The van der Waals surface area contributed by atoms with Gasteiger partial charge in [-0.3, -0.25) is 0 Å². The SMILES string of the molecule is O=S(=O)(CCc1ccccc1)NCCCc1ccc(O)cc1. The topological polar surface area (TPSA) is 66.4 Å². The second-order valence-electron chi connectivity index (χ2n) is 5.22. The highest BCUT2D eigenvalue weighted by Crippen LogP contribution is 2.10. The largest absolute Gasteiger partial charge is 0.508 e. The first kappa shape index (κ1) is 16.5. The van der Waals surface area contributed by atoms with Crippen molar-refractivity contribution >= 4 is 10.0 Å². The van der Waals surface area contributed by atoms with E-state index in [9.17, 15) is 13.5 Å². The average Bonchev–Trinajstić information content (AvgIpc) is 2.52. The molecule has 0 spiro atoms. The monoisotopic (exact) mass is 319 g/mol. The first-order valence-corrected chi connectivity index (χ1v) is 8.99. The maximum atomic E-state index is 11.9. The molecule has 2 N–H and O–H groups in total. The van der Waals surface area contributed by atoms with Crippen LogP contribution in [0.4, 0.5) is 0 Å². The summed E-state index contributed by atoms with van der Waals surface area (Å²) >= 11 is 0. The molecule has 2 aromatic rings. The number of hydrogen-bond donors (Lipinski definition) is 2. The molecule has 0 fully saturated rings. The number of benzene rings is 2. The Balaban J connectivity index is 1.70. The Morgan fingerprint density at radius 2 is 1.50 bits per heavy atom. The van der Waals surface area contributed by atoms with Crippen molar-refractivity contribution in [3.63, 3.8) is 0 Å². The molecule has 0 aromatic heterocycles. The van der Waals surface area contributed by atoms with Gasteiger partial charge in [0.15, 0.2) is 0 Å². The van der Waals surface area contributed by atoms with Gasteiger partial charge in [-0.05, 0) is 42.5 Å². The van der Waals surface area contributed by atoms with E-state index in [2.05, 4.69) is 4.72 Å². The standard InChI is InChI=1S/C17H21NO3S/c19-17-10-8-16(9-11-17)7-4-13-18-22(20,21)14-12-15-5-2-1-3-6-15/h1-3,5-6,8-11,18-19H,4,7,12-14H2. The summed E-state index contributed by atoms with van der Waals surface area (Å²) in [6.45, 7) is 0.429. The predicted molar refractivity (Wildman–Crippen MR) is 88.4 cm³/mol. The van der Waals surface area contributed by atoms with Crippen LogP contribution in [0.1, 0.15) is 17.5 Å². The number of aryl methyl sites for hydroxylation is 2. The third-order valence-corrected chi connectivity index (χ3v) is 4.79. The average molecular weight is 319 g/mol. The van der Waals surface area contributed by atoms with Crippen molar-refractivity contribution in [1.82, 2.24) is 4.72 Å². The lowest BCUT2D eigenvalue weighted by atomic mass is 10.1. The molecule has 0 heterocycles. The zero-order valence-corrected chi connectivity index (χ0v) is 13.2. The molecule has 0 unspecified atom stereocenters. The van der Waals surface area contributed by atoms with Crippen molar-refractivity contribution < 1.29 is 13.5 Å². The van der Waals surface area contributed by atoms with Crippen molar-refractivity contribution in [2.45, 2.75) is 19.3 Å². The molecule has 0 atom stereocenters. The maximum Gasteiger partial charge on any atom is 0.211 e. The molecule has 0 aliphatic rings. The van der Waals surface area contributed by atoms with E-state index in [1.807, 2.05) is 42.5 Å². The van der Waals surface area contributed by atoms with E-state index in [-0.39, 0.29) is 11.5 Å². The second kappa shape index (κ2) is 7.96. The third-order valence-electron chi connectivity index (χ3n) is 3.40. The molecular formula is C17H21NO3S. The highest BCUT2D eigenvalue weighted by atomic mass is 32.2. The third kappa shape index (κ3) is 5.87. The van der Waals surface area contributed by atoms with E-state index in [1.54, 1.807) is 12.1 Å². The van der Waals surface area contributed by atoms with Crippen LogP contribution < -0.4 is 4.72 Å². The van der Waals surface area contributed by atoms with Crippen LogP contribution >= 0.6 is 0 Å². The first-order valence-electron chi connectivity index (χ1n) is 7.34. The summed E-state index contributed by atoms with van der Waals surface area (Å²) < 4.78 is 26.5. The molecule has 22 heavy (non-hydrogen) atoms. The minimum atomic E-state index is -3.23. The molecule has 4 nitrogen and oxygen atoms in total. The minimum absolute atomic E-state index is 0.107. The van der Waals surface area contributed by atoms with E-state index in [4.69, 9.17) is 0 Å². The fraction of sp³-hybridized carbons (Fsp3) is 0.294. The van der Waals surface area contributed by atoms with Gasteiger partial charge in [-0.1, -0.05) is 42.5 Å². The molecule has 0 aliphatic heterocycles. The van der Waals surface area contributed by atoms with Crippen molar-refractivity contribution in [2.75, 3.05) is 12.3 Å². The van der Waals surface area contributed by atoms with Gasteiger partial charge in [0.2, 0.25) is 10.0 Å². The Morgan fingerprint density at radius 1 is 0.864 bits per heavy atom. The van der Waals surface area contributed by atoms with Crippen LogP contribution in [0.3, 0.4) is 0 Å². The van der Waals surface area contributed by atoms with Crippen LogP contribution in [0.5, 0.6) is 5.75 Å². The molecule has 0 radical (unpaired) electrons. The first-order chi connectivity index (χ1) is 10.6. The number of rotatable bonds is 8. The summed E-state index contributed by atoms with van der Waals surface area (Å²) in [4.78, 5) is 0. The molecule has 5 heteroatoms. The van der Waals surface area contributed by atoms with E-state index >= 15 is 0 Å². The summed E-state index contributed by atoms with van der Waals surface area (Å²) in [5, 5.41) is 9.20. The zero-order valence-electron chi connectivity index (χ0n) is 12.4. The van der Waals surface area contributed by atoms with Gasteiger partial charge in [0.05, 0.1) is 5.75 Å². The smallest absolute Gasteiger partial charge is 0.211 e. The lowest BCUT2D eigenvalue weighted by molar-refractivity contribution is 0.475. The molecule has 2 aromatic carbocycles. The van der Waals surface area contributed by atoms with Crippen molar-refractivity contribution in [2.24, 2.45) is 0 Å². The highest BCUT2D eigenvalue weighted by Gasteiger charge is 2.09. The molecule has 0 bridgehead atoms. The molecular weight excluding hydrogens is 298 g/mol. The Labute approximate surface area is 131 Å². The Bertz CT molecular complexity index is 667. The van der Waals surface area contributed by atoms with Gasteiger partial charge in [0.1, 0.15) is 5.75 Å². The van der Waals surface area contributed by atoms with E-state index < -0.39 is 10.0 Å². The molecule has 0 saturated heterocycles. The number of phenolic OH excluding ortho intramolecular Hbond substituents is 1. The highest BCUT2D eigenvalue weighted by molar-refractivity contribution is 7.89. The Hall–Kier alpha value is -1.85. The number of phenols is 1. The second-order valence-corrected chi connectivity index (χ2v) is 7.15. The number of aromatic hydroxyl groups is 1. The summed E-state index contributed by atoms with van der Waals surface area (Å²) in [5.41, 5.74) is 2.11. The van der Waals surface area contributed by atoms with Crippen molar-refractivity contribution in [3.8, 4) is 5.75 Å². The molecule has 0 amide bonds. The van der Waals surface area contributed by atoms with Crippen molar-refractivity contribution in [3.05, 3.63) is 65.7 Å².